The van der Waals surface area contributed by atoms with E-state index in [9.17, 15) is 5.11 Å². The Morgan fingerprint density at radius 3 is 2.83 bits per heavy atom. The lowest BCUT2D eigenvalue weighted by molar-refractivity contribution is 0.243. The first-order chi connectivity index (χ1) is 11.7. The van der Waals surface area contributed by atoms with Gasteiger partial charge in [0.2, 0.25) is 0 Å². The number of phenolic OH excluding ortho intramolecular Hbond substituents is 1. The molecule has 1 fully saturated rings. The highest BCUT2D eigenvalue weighted by atomic mass is 16.3. The van der Waals surface area contributed by atoms with Gasteiger partial charge in [-0.2, -0.15) is 5.10 Å². The summed E-state index contributed by atoms with van der Waals surface area (Å²) >= 11 is 0. The Labute approximate surface area is 144 Å². The van der Waals surface area contributed by atoms with Crippen molar-refractivity contribution in [2.24, 2.45) is 7.05 Å². The van der Waals surface area contributed by atoms with Crippen molar-refractivity contribution >= 4 is 0 Å². The maximum absolute atomic E-state index is 9.75. The normalized spacial score (nSPS) is 19.4. The molecule has 1 aromatic carbocycles. The molecule has 0 atom stereocenters. The van der Waals surface area contributed by atoms with E-state index in [2.05, 4.69) is 17.2 Å². The van der Waals surface area contributed by atoms with Gasteiger partial charge in [0, 0.05) is 44.4 Å². The summed E-state index contributed by atoms with van der Waals surface area (Å²) in [6.07, 6.45) is 9.93. The molecule has 128 valence electrons. The monoisotopic (exact) mass is 325 g/mol. The highest BCUT2D eigenvalue weighted by Crippen LogP contribution is 2.34. The number of hydrogen-bond acceptors (Lipinski definition) is 3. The van der Waals surface area contributed by atoms with Crippen LogP contribution in [0.2, 0.25) is 0 Å². The zero-order valence-corrected chi connectivity index (χ0v) is 14.5. The molecule has 2 aromatic rings. The lowest BCUT2D eigenvalue weighted by Gasteiger charge is -2.29. The molecule has 1 aromatic heterocycles. The molecule has 0 unspecified atom stereocenters. The van der Waals surface area contributed by atoms with Crippen molar-refractivity contribution in [2.45, 2.75) is 57.5 Å². The van der Waals surface area contributed by atoms with Crippen LogP contribution in [0.3, 0.4) is 0 Å². The predicted octanol–water partition coefficient (Wildman–Crippen LogP) is 3.73. The van der Waals surface area contributed by atoms with E-state index in [-0.39, 0.29) is 0 Å². The van der Waals surface area contributed by atoms with Crippen LogP contribution in [0.15, 0.2) is 24.4 Å². The lowest BCUT2D eigenvalue weighted by Crippen LogP contribution is -2.30. The second-order valence-corrected chi connectivity index (χ2v) is 7.46. The van der Waals surface area contributed by atoms with Crippen LogP contribution in [0.1, 0.15) is 60.4 Å². The molecule has 1 N–H and O–H groups in total. The van der Waals surface area contributed by atoms with Crippen molar-refractivity contribution < 1.29 is 5.11 Å². The summed E-state index contributed by atoms with van der Waals surface area (Å²) in [4.78, 5) is 2.49. The van der Waals surface area contributed by atoms with Gasteiger partial charge >= 0.3 is 0 Å². The third-order valence-electron chi connectivity index (χ3n) is 5.60. The standard InChI is InChI=1S/C20H27N3O/c1-22-12-18(20(21-22)16-5-3-2-4-6-16)14-23-10-9-15-7-8-19(24)11-17(15)13-23/h7-8,11-12,16,24H,2-6,9-10,13-14H2,1H3. The Morgan fingerprint density at radius 1 is 1.17 bits per heavy atom. The Bertz CT molecular complexity index is 716. The van der Waals surface area contributed by atoms with E-state index in [1.165, 1.54) is 54.5 Å². The van der Waals surface area contributed by atoms with Crippen LogP contribution in [-0.4, -0.2) is 26.3 Å². The molecule has 0 saturated heterocycles. The van der Waals surface area contributed by atoms with E-state index in [1.54, 1.807) is 6.07 Å². The van der Waals surface area contributed by atoms with Gasteiger partial charge in [0.05, 0.1) is 5.69 Å². The Balaban J connectivity index is 1.51. The molecule has 0 bridgehead atoms. The van der Waals surface area contributed by atoms with Crippen LogP contribution < -0.4 is 0 Å². The van der Waals surface area contributed by atoms with Gasteiger partial charge in [-0.05, 0) is 42.5 Å². The zero-order valence-electron chi connectivity index (χ0n) is 14.5. The Kier molecular flexibility index (Phi) is 4.31. The topological polar surface area (TPSA) is 41.3 Å². The van der Waals surface area contributed by atoms with Crippen molar-refractivity contribution in [3.8, 4) is 5.75 Å². The predicted molar refractivity (Wildman–Crippen MR) is 95.0 cm³/mol. The highest BCUT2D eigenvalue weighted by Gasteiger charge is 2.24. The summed E-state index contributed by atoms with van der Waals surface area (Å²) in [5.74, 6) is 1.02. The van der Waals surface area contributed by atoms with E-state index < -0.39 is 0 Å². The summed E-state index contributed by atoms with van der Waals surface area (Å²) in [7, 11) is 2.04. The summed E-state index contributed by atoms with van der Waals surface area (Å²) in [6.45, 7) is 2.97. The first kappa shape index (κ1) is 15.7. The number of phenols is 1. The van der Waals surface area contributed by atoms with Gasteiger partial charge in [-0.25, -0.2) is 0 Å². The first-order valence-corrected chi connectivity index (χ1v) is 9.24. The van der Waals surface area contributed by atoms with Crippen LogP contribution in [0, 0.1) is 0 Å². The van der Waals surface area contributed by atoms with E-state index in [0.717, 1.165) is 26.1 Å². The number of fused-ring (bicyclic) bond motifs is 1. The minimum atomic E-state index is 0.375. The van der Waals surface area contributed by atoms with Gasteiger partial charge in [-0.1, -0.05) is 25.3 Å². The van der Waals surface area contributed by atoms with Crippen molar-refractivity contribution in [2.75, 3.05) is 6.54 Å². The SMILES string of the molecule is Cn1cc(CN2CCc3ccc(O)cc3C2)c(C2CCCCC2)n1. The molecule has 4 nitrogen and oxygen atoms in total. The number of nitrogens with zero attached hydrogens (tertiary/aromatic N) is 3. The summed E-state index contributed by atoms with van der Waals surface area (Å²) in [6, 6.07) is 5.79. The molecule has 1 aliphatic heterocycles. The molecule has 4 heteroatoms. The molecular weight excluding hydrogens is 298 g/mol. The second-order valence-electron chi connectivity index (χ2n) is 7.46. The smallest absolute Gasteiger partial charge is 0.115 e. The third kappa shape index (κ3) is 3.20. The van der Waals surface area contributed by atoms with Gasteiger partial charge in [0.1, 0.15) is 5.75 Å². The average molecular weight is 325 g/mol. The fourth-order valence-electron chi connectivity index (χ4n) is 4.37. The molecule has 2 heterocycles. The average Bonchev–Trinajstić information content (AvgIpc) is 2.95. The van der Waals surface area contributed by atoms with Crippen LogP contribution in [0.5, 0.6) is 5.75 Å². The molecule has 0 amide bonds. The number of aromatic hydroxyl groups is 1. The van der Waals surface area contributed by atoms with Crippen LogP contribution in [0.25, 0.3) is 0 Å². The Morgan fingerprint density at radius 2 is 2.00 bits per heavy atom. The Hall–Kier alpha value is -1.81. The highest BCUT2D eigenvalue weighted by molar-refractivity contribution is 5.36. The van der Waals surface area contributed by atoms with Crippen LogP contribution in [0.4, 0.5) is 0 Å². The van der Waals surface area contributed by atoms with Gasteiger partial charge in [0.25, 0.3) is 0 Å². The van der Waals surface area contributed by atoms with Gasteiger partial charge in [-0.3, -0.25) is 9.58 Å². The molecular formula is C20H27N3O. The number of benzene rings is 1. The number of aromatic nitrogens is 2. The molecule has 24 heavy (non-hydrogen) atoms. The lowest BCUT2D eigenvalue weighted by atomic mass is 9.85. The third-order valence-corrected chi connectivity index (χ3v) is 5.60. The summed E-state index contributed by atoms with van der Waals surface area (Å²) in [5, 5.41) is 14.6. The van der Waals surface area contributed by atoms with E-state index in [1.807, 2.05) is 17.8 Å². The van der Waals surface area contributed by atoms with Crippen molar-refractivity contribution in [3.05, 3.63) is 46.8 Å². The zero-order chi connectivity index (χ0) is 16.5. The van der Waals surface area contributed by atoms with E-state index in [0.29, 0.717) is 11.7 Å². The minimum absolute atomic E-state index is 0.375. The van der Waals surface area contributed by atoms with Gasteiger partial charge < -0.3 is 5.11 Å². The quantitative estimate of drug-likeness (QED) is 0.935. The number of aryl methyl sites for hydroxylation is 1. The van der Waals surface area contributed by atoms with Crippen molar-refractivity contribution in [1.29, 1.82) is 0 Å². The molecule has 4 rings (SSSR count). The molecule has 1 aliphatic carbocycles. The minimum Gasteiger partial charge on any atom is -0.508 e. The molecule has 0 spiro atoms. The maximum atomic E-state index is 9.75. The van der Waals surface area contributed by atoms with Gasteiger partial charge in [-0.15, -0.1) is 0 Å². The van der Waals surface area contributed by atoms with E-state index in [4.69, 9.17) is 5.10 Å². The number of rotatable bonds is 3. The van der Waals surface area contributed by atoms with Crippen LogP contribution >= 0.6 is 0 Å². The fraction of sp³-hybridized carbons (Fsp3) is 0.550. The summed E-state index contributed by atoms with van der Waals surface area (Å²) in [5.41, 5.74) is 5.37. The van der Waals surface area contributed by atoms with Crippen LogP contribution in [-0.2, 0) is 26.6 Å². The number of hydrogen-bond donors (Lipinski definition) is 1. The maximum Gasteiger partial charge on any atom is 0.115 e. The molecule has 1 saturated carbocycles. The first-order valence-electron chi connectivity index (χ1n) is 9.24. The van der Waals surface area contributed by atoms with Crippen molar-refractivity contribution in [3.63, 3.8) is 0 Å². The second kappa shape index (κ2) is 6.60. The summed E-state index contributed by atoms with van der Waals surface area (Å²) < 4.78 is 1.99. The van der Waals surface area contributed by atoms with E-state index >= 15 is 0 Å². The van der Waals surface area contributed by atoms with Crippen molar-refractivity contribution in [1.82, 2.24) is 14.7 Å². The van der Waals surface area contributed by atoms with Gasteiger partial charge in [0.15, 0.2) is 0 Å². The fourth-order valence-corrected chi connectivity index (χ4v) is 4.37. The molecule has 2 aliphatic rings. The molecule has 0 radical (unpaired) electrons. The largest absolute Gasteiger partial charge is 0.508 e.